The molecule has 5 heteroatoms. The quantitative estimate of drug-likeness (QED) is 0.864. The summed E-state index contributed by atoms with van der Waals surface area (Å²) in [5.74, 6) is 1.70. The molecule has 0 amide bonds. The molecule has 1 N–H and O–H groups in total. The van der Waals surface area contributed by atoms with Gasteiger partial charge in [0.25, 0.3) is 0 Å². The molecule has 18 heavy (non-hydrogen) atoms. The third-order valence-corrected chi connectivity index (χ3v) is 3.86. The SMILES string of the molecule is Cc1nc(C2CCNCC2)nc2c1CCC2.Cl.Cl. The van der Waals surface area contributed by atoms with Crippen molar-refractivity contribution in [3.63, 3.8) is 0 Å². The van der Waals surface area contributed by atoms with Crippen molar-refractivity contribution in [3.8, 4) is 0 Å². The first kappa shape index (κ1) is 15.7. The van der Waals surface area contributed by atoms with Gasteiger partial charge < -0.3 is 5.32 Å². The number of rotatable bonds is 1. The minimum Gasteiger partial charge on any atom is -0.317 e. The minimum absolute atomic E-state index is 0. The topological polar surface area (TPSA) is 37.8 Å². The van der Waals surface area contributed by atoms with Crippen molar-refractivity contribution >= 4 is 24.8 Å². The number of hydrogen-bond donors (Lipinski definition) is 1. The van der Waals surface area contributed by atoms with Crippen molar-refractivity contribution in [2.45, 2.75) is 44.9 Å². The molecule has 0 saturated carbocycles. The molecule has 2 heterocycles. The smallest absolute Gasteiger partial charge is 0.132 e. The van der Waals surface area contributed by atoms with Crippen molar-refractivity contribution in [1.82, 2.24) is 15.3 Å². The number of halogens is 2. The van der Waals surface area contributed by atoms with E-state index in [4.69, 9.17) is 9.97 Å². The maximum Gasteiger partial charge on any atom is 0.132 e. The van der Waals surface area contributed by atoms with E-state index in [0.29, 0.717) is 5.92 Å². The Morgan fingerprint density at radius 1 is 1.06 bits per heavy atom. The first-order chi connectivity index (χ1) is 7.84. The van der Waals surface area contributed by atoms with Crippen LogP contribution in [0, 0.1) is 6.92 Å². The summed E-state index contributed by atoms with van der Waals surface area (Å²) in [5, 5.41) is 3.40. The highest BCUT2D eigenvalue weighted by molar-refractivity contribution is 5.85. The van der Waals surface area contributed by atoms with E-state index in [1.165, 1.54) is 42.6 Å². The molecule has 102 valence electrons. The second-order valence-electron chi connectivity index (χ2n) is 4.97. The lowest BCUT2D eigenvalue weighted by Crippen LogP contribution is -2.27. The van der Waals surface area contributed by atoms with Crippen molar-refractivity contribution < 1.29 is 0 Å². The summed E-state index contributed by atoms with van der Waals surface area (Å²) in [6, 6.07) is 0. The zero-order valence-electron chi connectivity index (χ0n) is 10.7. The number of nitrogens with zero attached hydrogens (tertiary/aromatic N) is 2. The summed E-state index contributed by atoms with van der Waals surface area (Å²) >= 11 is 0. The van der Waals surface area contributed by atoms with Crippen molar-refractivity contribution in [3.05, 3.63) is 22.8 Å². The molecule has 2 aliphatic rings. The van der Waals surface area contributed by atoms with Crippen LogP contribution in [0.4, 0.5) is 0 Å². The first-order valence-corrected chi connectivity index (χ1v) is 6.41. The van der Waals surface area contributed by atoms with E-state index in [1.54, 1.807) is 0 Å². The van der Waals surface area contributed by atoms with Crippen LogP contribution < -0.4 is 5.32 Å². The van der Waals surface area contributed by atoms with E-state index < -0.39 is 0 Å². The zero-order chi connectivity index (χ0) is 11.0. The molecule has 3 rings (SSSR count). The second kappa shape index (κ2) is 6.69. The highest BCUT2D eigenvalue weighted by atomic mass is 35.5. The van der Waals surface area contributed by atoms with Crippen molar-refractivity contribution in [1.29, 1.82) is 0 Å². The molecule has 0 unspecified atom stereocenters. The number of aromatic nitrogens is 2. The Labute approximate surface area is 121 Å². The first-order valence-electron chi connectivity index (χ1n) is 6.41. The Hall–Kier alpha value is -0.380. The Balaban J connectivity index is 0.000000810. The van der Waals surface area contributed by atoms with Gasteiger partial charge in [0.2, 0.25) is 0 Å². The molecule has 0 radical (unpaired) electrons. The van der Waals surface area contributed by atoms with Gasteiger partial charge in [0.1, 0.15) is 5.82 Å². The van der Waals surface area contributed by atoms with Crippen LogP contribution in [-0.2, 0) is 12.8 Å². The molecule has 0 spiro atoms. The van der Waals surface area contributed by atoms with E-state index >= 15 is 0 Å². The van der Waals surface area contributed by atoms with E-state index in [2.05, 4.69) is 12.2 Å². The van der Waals surface area contributed by atoms with E-state index in [9.17, 15) is 0 Å². The fourth-order valence-electron chi connectivity index (χ4n) is 2.91. The van der Waals surface area contributed by atoms with Crippen LogP contribution in [0.25, 0.3) is 0 Å². The molecule has 1 fully saturated rings. The van der Waals surface area contributed by atoms with Crippen LogP contribution in [0.3, 0.4) is 0 Å². The van der Waals surface area contributed by atoms with Gasteiger partial charge in [-0.2, -0.15) is 0 Å². The van der Waals surface area contributed by atoms with Gasteiger partial charge in [-0.15, -0.1) is 24.8 Å². The maximum absolute atomic E-state index is 4.80. The lowest BCUT2D eigenvalue weighted by atomic mass is 9.97. The molecule has 1 saturated heterocycles. The lowest BCUT2D eigenvalue weighted by molar-refractivity contribution is 0.443. The predicted octanol–water partition coefficient (Wildman–Crippen LogP) is 2.58. The van der Waals surface area contributed by atoms with Crippen LogP contribution in [0.1, 0.15) is 48.0 Å². The Morgan fingerprint density at radius 3 is 2.50 bits per heavy atom. The maximum atomic E-state index is 4.80. The molecule has 3 nitrogen and oxygen atoms in total. The normalized spacial score (nSPS) is 18.7. The minimum atomic E-state index is 0. The monoisotopic (exact) mass is 289 g/mol. The third kappa shape index (κ3) is 2.95. The van der Waals surface area contributed by atoms with Crippen molar-refractivity contribution in [2.75, 3.05) is 13.1 Å². The van der Waals surface area contributed by atoms with E-state index in [0.717, 1.165) is 25.3 Å². The Bertz CT molecular complexity index is 403. The number of hydrogen-bond acceptors (Lipinski definition) is 3. The third-order valence-electron chi connectivity index (χ3n) is 3.86. The molecule has 1 aromatic rings. The number of fused-ring (bicyclic) bond motifs is 1. The Morgan fingerprint density at radius 2 is 1.78 bits per heavy atom. The molecular formula is C13H21Cl2N3. The summed E-state index contributed by atoms with van der Waals surface area (Å²) in [7, 11) is 0. The molecule has 0 aromatic carbocycles. The van der Waals surface area contributed by atoms with Gasteiger partial charge in [-0.1, -0.05) is 0 Å². The summed E-state index contributed by atoms with van der Waals surface area (Å²) in [5.41, 5.74) is 4.00. The molecule has 1 aliphatic carbocycles. The summed E-state index contributed by atoms with van der Waals surface area (Å²) in [6.45, 7) is 4.38. The van der Waals surface area contributed by atoms with Gasteiger partial charge in [0, 0.05) is 17.3 Å². The summed E-state index contributed by atoms with van der Waals surface area (Å²) < 4.78 is 0. The molecule has 1 aromatic heterocycles. The van der Waals surface area contributed by atoms with E-state index in [1.807, 2.05) is 0 Å². The average molecular weight is 290 g/mol. The van der Waals surface area contributed by atoms with Crippen molar-refractivity contribution in [2.24, 2.45) is 0 Å². The lowest BCUT2D eigenvalue weighted by Gasteiger charge is -2.22. The van der Waals surface area contributed by atoms with Gasteiger partial charge in [-0.05, 0) is 57.7 Å². The van der Waals surface area contributed by atoms with Gasteiger partial charge in [0.15, 0.2) is 0 Å². The highest BCUT2D eigenvalue weighted by Gasteiger charge is 2.22. The van der Waals surface area contributed by atoms with Crippen LogP contribution in [-0.4, -0.2) is 23.1 Å². The second-order valence-corrected chi connectivity index (χ2v) is 4.97. The fraction of sp³-hybridized carbons (Fsp3) is 0.692. The fourth-order valence-corrected chi connectivity index (χ4v) is 2.91. The molecule has 0 atom stereocenters. The molecule has 0 bridgehead atoms. The number of piperidine rings is 1. The van der Waals surface area contributed by atoms with Crippen LogP contribution >= 0.6 is 24.8 Å². The zero-order valence-corrected chi connectivity index (χ0v) is 12.4. The number of nitrogens with one attached hydrogen (secondary N) is 1. The van der Waals surface area contributed by atoms with Gasteiger partial charge in [-0.3, -0.25) is 0 Å². The summed E-state index contributed by atoms with van der Waals surface area (Å²) in [6.07, 6.45) is 6.00. The van der Waals surface area contributed by atoms with Gasteiger partial charge in [-0.25, -0.2) is 9.97 Å². The largest absolute Gasteiger partial charge is 0.317 e. The van der Waals surface area contributed by atoms with E-state index in [-0.39, 0.29) is 24.8 Å². The Kier molecular flexibility index (Phi) is 5.83. The van der Waals surface area contributed by atoms with Crippen LogP contribution in [0.15, 0.2) is 0 Å². The predicted molar refractivity (Wildman–Crippen MR) is 78.1 cm³/mol. The standard InChI is InChI=1S/C13H19N3.2ClH/c1-9-11-3-2-4-12(11)16-13(15-9)10-5-7-14-8-6-10;;/h10,14H,2-8H2,1H3;2*1H. The molecule has 1 aliphatic heterocycles. The molecular weight excluding hydrogens is 269 g/mol. The van der Waals surface area contributed by atoms with Crippen LogP contribution in [0.5, 0.6) is 0 Å². The van der Waals surface area contributed by atoms with Gasteiger partial charge in [0.05, 0.1) is 0 Å². The van der Waals surface area contributed by atoms with Gasteiger partial charge >= 0.3 is 0 Å². The number of aryl methyl sites for hydroxylation is 2. The average Bonchev–Trinajstić information content (AvgIpc) is 2.79. The summed E-state index contributed by atoms with van der Waals surface area (Å²) in [4.78, 5) is 9.53. The highest BCUT2D eigenvalue weighted by Crippen LogP contribution is 2.27. The van der Waals surface area contributed by atoms with Crippen LogP contribution in [0.2, 0.25) is 0 Å².